The molecule has 78 valence electrons. The van der Waals surface area contributed by atoms with Crippen LogP contribution in [-0.4, -0.2) is 19.1 Å². The number of nitrogens with one attached hydrogen (secondary N) is 2. The fourth-order valence-electron chi connectivity index (χ4n) is 0.979. The fourth-order valence-corrected chi connectivity index (χ4v) is 1.11. The van der Waals surface area contributed by atoms with Crippen LogP contribution in [0.15, 0.2) is 24.3 Å². The molecule has 0 aromatic heterocycles. The number of hydrogen-bond acceptors (Lipinski definition) is 2. The summed E-state index contributed by atoms with van der Waals surface area (Å²) in [6, 6.07) is 7.73. The molecular weight excluding hydrogens is 196 g/mol. The summed E-state index contributed by atoms with van der Waals surface area (Å²) in [6.45, 7) is 5.18. The van der Waals surface area contributed by atoms with Gasteiger partial charge in [0, 0.05) is 22.8 Å². The molecule has 0 aliphatic carbocycles. The van der Waals surface area contributed by atoms with Crippen LogP contribution in [0.4, 0.5) is 5.69 Å². The highest BCUT2D eigenvalue weighted by Gasteiger charge is 2.13. The molecule has 0 saturated carbocycles. The summed E-state index contributed by atoms with van der Waals surface area (Å²) in [5.41, 5.74) is 1.19. The predicted molar refractivity (Wildman–Crippen MR) is 63.1 cm³/mol. The van der Waals surface area contributed by atoms with Crippen molar-refractivity contribution < 1.29 is 0 Å². The molecule has 0 aliphatic rings. The van der Waals surface area contributed by atoms with Crippen molar-refractivity contribution in [3.8, 4) is 0 Å². The summed E-state index contributed by atoms with van der Waals surface area (Å²) < 4.78 is 0. The molecule has 1 aromatic carbocycles. The standard InChI is InChI=1S/C11H17ClN2/c1-11(2,13-3)8-14-10-6-4-9(12)5-7-10/h4-7,13-14H,8H2,1-3H3. The van der Waals surface area contributed by atoms with Gasteiger partial charge in [0.25, 0.3) is 0 Å². The maximum Gasteiger partial charge on any atom is 0.0407 e. The van der Waals surface area contributed by atoms with Gasteiger partial charge in [-0.2, -0.15) is 0 Å². The molecule has 0 atom stereocenters. The van der Waals surface area contributed by atoms with Crippen molar-refractivity contribution in [1.82, 2.24) is 5.32 Å². The van der Waals surface area contributed by atoms with Crippen LogP contribution >= 0.6 is 11.6 Å². The first-order valence-electron chi connectivity index (χ1n) is 4.72. The van der Waals surface area contributed by atoms with Crippen molar-refractivity contribution >= 4 is 17.3 Å². The Morgan fingerprint density at radius 1 is 1.21 bits per heavy atom. The highest BCUT2D eigenvalue weighted by Crippen LogP contribution is 2.14. The van der Waals surface area contributed by atoms with Gasteiger partial charge in [-0.3, -0.25) is 0 Å². The molecule has 0 unspecified atom stereocenters. The van der Waals surface area contributed by atoms with E-state index in [4.69, 9.17) is 11.6 Å². The second-order valence-corrected chi connectivity index (χ2v) is 4.43. The maximum atomic E-state index is 5.79. The second kappa shape index (κ2) is 4.67. The van der Waals surface area contributed by atoms with E-state index in [-0.39, 0.29) is 5.54 Å². The van der Waals surface area contributed by atoms with E-state index in [0.717, 1.165) is 17.3 Å². The minimum atomic E-state index is 0.0969. The lowest BCUT2D eigenvalue weighted by atomic mass is 10.1. The van der Waals surface area contributed by atoms with Gasteiger partial charge in [0.15, 0.2) is 0 Å². The largest absolute Gasteiger partial charge is 0.383 e. The zero-order chi connectivity index (χ0) is 10.6. The molecule has 0 fully saturated rings. The average molecular weight is 213 g/mol. The molecular formula is C11H17ClN2. The lowest BCUT2D eigenvalue weighted by molar-refractivity contribution is 0.448. The van der Waals surface area contributed by atoms with Crippen LogP contribution < -0.4 is 10.6 Å². The molecule has 14 heavy (non-hydrogen) atoms. The minimum absolute atomic E-state index is 0.0969. The SMILES string of the molecule is CNC(C)(C)CNc1ccc(Cl)cc1. The molecule has 0 heterocycles. The van der Waals surface area contributed by atoms with E-state index in [1.54, 1.807) is 0 Å². The van der Waals surface area contributed by atoms with Gasteiger partial charge in [-0.15, -0.1) is 0 Å². The van der Waals surface area contributed by atoms with Crippen LogP contribution in [0.3, 0.4) is 0 Å². The molecule has 0 amide bonds. The van der Waals surface area contributed by atoms with E-state index in [9.17, 15) is 0 Å². The summed E-state index contributed by atoms with van der Waals surface area (Å²) in [7, 11) is 1.96. The van der Waals surface area contributed by atoms with Crippen LogP contribution in [0.1, 0.15) is 13.8 Å². The highest BCUT2D eigenvalue weighted by atomic mass is 35.5. The van der Waals surface area contributed by atoms with E-state index in [1.165, 1.54) is 0 Å². The van der Waals surface area contributed by atoms with Crippen LogP contribution in [0.5, 0.6) is 0 Å². The average Bonchev–Trinajstić information content (AvgIpc) is 2.17. The Labute approximate surface area is 90.7 Å². The molecule has 2 N–H and O–H groups in total. The summed E-state index contributed by atoms with van der Waals surface area (Å²) in [6.07, 6.45) is 0. The van der Waals surface area contributed by atoms with Gasteiger partial charge in [0.2, 0.25) is 0 Å². The maximum absolute atomic E-state index is 5.79. The summed E-state index contributed by atoms with van der Waals surface area (Å²) in [4.78, 5) is 0. The molecule has 0 radical (unpaired) electrons. The third-order valence-corrected chi connectivity index (χ3v) is 2.51. The first-order valence-corrected chi connectivity index (χ1v) is 5.10. The van der Waals surface area contributed by atoms with E-state index >= 15 is 0 Å². The predicted octanol–water partition coefficient (Wildman–Crippen LogP) is 2.75. The van der Waals surface area contributed by atoms with Gasteiger partial charge in [0.1, 0.15) is 0 Å². The number of anilines is 1. The van der Waals surface area contributed by atoms with Gasteiger partial charge in [-0.25, -0.2) is 0 Å². The van der Waals surface area contributed by atoms with Gasteiger partial charge in [0.05, 0.1) is 0 Å². The smallest absolute Gasteiger partial charge is 0.0407 e. The molecule has 0 aliphatic heterocycles. The van der Waals surface area contributed by atoms with Crippen LogP contribution in [0.2, 0.25) is 5.02 Å². The van der Waals surface area contributed by atoms with Crippen molar-refractivity contribution in [3.63, 3.8) is 0 Å². The number of likely N-dealkylation sites (N-methyl/N-ethyl adjacent to an activating group) is 1. The number of benzene rings is 1. The third-order valence-electron chi connectivity index (χ3n) is 2.26. The first-order chi connectivity index (χ1) is 6.53. The number of hydrogen-bond donors (Lipinski definition) is 2. The Kier molecular flexibility index (Phi) is 3.78. The first kappa shape index (κ1) is 11.3. The van der Waals surface area contributed by atoms with Crippen molar-refractivity contribution in [2.75, 3.05) is 18.9 Å². The lowest BCUT2D eigenvalue weighted by Gasteiger charge is -2.24. The van der Waals surface area contributed by atoms with Crippen LogP contribution in [0.25, 0.3) is 0 Å². The Balaban J connectivity index is 2.50. The molecule has 2 nitrogen and oxygen atoms in total. The van der Waals surface area contributed by atoms with E-state index < -0.39 is 0 Å². The van der Waals surface area contributed by atoms with Crippen molar-refractivity contribution in [2.45, 2.75) is 19.4 Å². The quantitative estimate of drug-likeness (QED) is 0.802. The normalized spacial score (nSPS) is 11.4. The van der Waals surface area contributed by atoms with Crippen molar-refractivity contribution in [1.29, 1.82) is 0 Å². The lowest BCUT2D eigenvalue weighted by Crippen LogP contribution is -2.42. The van der Waals surface area contributed by atoms with Gasteiger partial charge in [-0.05, 0) is 45.2 Å². The van der Waals surface area contributed by atoms with E-state index in [1.807, 2.05) is 31.3 Å². The Morgan fingerprint density at radius 3 is 2.29 bits per heavy atom. The monoisotopic (exact) mass is 212 g/mol. The van der Waals surface area contributed by atoms with E-state index in [2.05, 4.69) is 24.5 Å². The second-order valence-electron chi connectivity index (χ2n) is 3.99. The molecule has 0 bridgehead atoms. The molecule has 0 saturated heterocycles. The Morgan fingerprint density at radius 2 is 1.79 bits per heavy atom. The summed E-state index contributed by atoms with van der Waals surface area (Å²) in [5, 5.41) is 7.34. The van der Waals surface area contributed by atoms with Crippen molar-refractivity contribution in [3.05, 3.63) is 29.3 Å². The topological polar surface area (TPSA) is 24.1 Å². The van der Waals surface area contributed by atoms with Gasteiger partial charge in [-0.1, -0.05) is 11.6 Å². The van der Waals surface area contributed by atoms with Crippen LogP contribution in [-0.2, 0) is 0 Å². The molecule has 1 rings (SSSR count). The number of halogens is 1. The Bertz CT molecular complexity index is 280. The minimum Gasteiger partial charge on any atom is -0.383 e. The van der Waals surface area contributed by atoms with Gasteiger partial charge < -0.3 is 10.6 Å². The summed E-state index contributed by atoms with van der Waals surface area (Å²) in [5.74, 6) is 0. The van der Waals surface area contributed by atoms with Gasteiger partial charge >= 0.3 is 0 Å². The molecule has 0 spiro atoms. The zero-order valence-electron chi connectivity index (χ0n) is 8.89. The molecule has 3 heteroatoms. The highest BCUT2D eigenvalue weighted by molar-refractivity contribution is 6.30. The Hall–Kier alpha value is -0.730. The molecule has 1 aromatic rings. The van der Waals surface area contributed by atoms with Crippen molar-refractivity contribution in [2.24, 2.45) is 0 Å². The fraction of sp³-hybridized carbons (Fsp3) is 0.455. The summed E-state index contributed by atoms with van der Waals surface area (Å²) >= 11 is 5.79. The zero-order valence-corrected chi connectivity index (χ0v) is 9.65. The van der Waals surface area contributed by atoms with Crippen LogP contribution in [0, 0.1) is 0 Å². The van der Waals surface area contributed by atoms with E-state index in [0.29, 0.717) is 0 Å². The number of rotatable bonds is 4. The third kappa shape index (κ3) is 3.56.